The van der Waals surface area contributed by atoms with Crippen LogP contribution in [-0.2, 0) is 11.2 Å². The molecular weight excluding hydrogens is 210 g/mol. The summed E-state index contributed by atoms with van der Waals surface area (Å²) in [6.07, 6.45) is 2.20. The molecule has 2 heteroatoms. The molecule has 1 aromatic rings. The van der Waals surface area contributed by atoms with Crippen LogP contribution in [0.3, 0.4) is 0 Å². The minimum atomic E-state index is 0.520. The van der Waals surface area contributed by atoms with Gasteiger partial charge in [0.25, 0.3) is 0 Å². The molecule has 0 aliphatic rings. The van der Waals surface area contributed by atoms with E-state index in [0.717, 1.165) is 19.4 Å². The van der Waals surface area contributed by atoms with E-state index in [2.05, 4.69) is 43.4 Å². The van der Waals surface area contributed by atoms with Crippen molar-refractivity contribution in [1.82, 2.24) is 5.32 Å². The van der Waals surface area contributed by atoms with Gasteiger partial charge in [0.2, 0.25) is 0 Å². The maximum absolute atomic E-state index is 5.15. The van der Waals surface area contributed by atoms with Crippen LogP contribution in [-0.4, -0.2) is 26.8 Å². The van der Waals surface area contributed by atoms with E-state index < -0.39 is 0 Å². The molecule has 0 aromatic heterocycles. The number of likely N-dealkylation sites (N-methyl/N-ethyl adjacent to an activating group) is 1. The van der Waals surface area contributed by atoms with Gasteiger partial charge < -0.3 is 10.1 Å². The maximum atomic E-state index is 5.15. The number of hydrogen-bond donors (Lipinski definition) is 1. The first-order valence-electron chi connectivity index (χ1n) is 6.39. The molecule has 0 fully saturated rings. The highest BCUT2D eigenvalue weighted by Crippen LogP contribution is 2.16. The highest BCUT2D eigenvalue weighted by Gasteiger charge is 2.16. The van der Waals surface area contributed by atoms with Gasteiger partial charge in [-0.1, -0.05) is 31.2 Å². The fraction of sp³-hybridized carbons (Fsp3) is 0.600. The van der Waals surface area contributed by atoms with Crippen molar-refractivity contribution in [2.24, 2.45) is 5.92 Å². The van der Waals surface area contributed by atoms with Crippen molar-refractivity contribution in [3.8, 4) is 0 Å². The molecule has 2 atom stereocenters. The molecule has 1 rings (SSSR count). The smallest absolute Gasteiger partial charge is 0.0465 e. The largest absolute Gasteiger partial charge is 0.385 e. The highest BCUT2D eigenvalue weighted by molar-refractivity contribution is 5.26. The van der Waals surface area contributed by atoms with Gasteiger partial charge in [0.1, 0.15) is 0 Å². The predicted octanol–water partition coefficient (Wildman–Crippen LogP) is 2.80. The quantitative estimate of drug-likeness (QED) is 0.784. The van der Waals surface area contributed by atoms with Gasteiger partial charge in [-0.15, -0.1) is 0 Å². The fourth-order valence-electron chi connectivity index (χ4n) is 2.17. The average molecular weight is 235 g/mol. The Bertz CT molecular complexity index is 324. The van der Waals surface area contributed by atoms with Crippen molar-refractivity contribution < 1.29 is 4.74 Å². The lowest BCUT2D eigenvalue weighted by Crippen LogP contribution is -2.35. The number of rotatable bonds is 7. The zero-order chi connectivity index (χ0) is 12.7. The van der Waals surface area contributed by atoms with Crippen molar-refractivity contribution >= 4 is 0 Å². The van der Waals surface area contributed by atoms with Crippen molar-refractivity contribution in [3.63, 3.8) is 0 Å². The van der Waals surface area contributed by atoms with Crippen LogP contribution < -0.4 is 5.32 Å². The summed E-state index contributed by atoms with van der Waals surface area (Å²) in [5, 5.41) is 3.43. The van der Waals surface area contributed by atoms with Crippen LogP contribution in [0.1, 0.15) is 24.5 Å². The van der Waals surface area contributed by atoms with Crippen LogP contribution in [0.4, 0.5) is 0 Å². The standard InChI is InChI=1S/C15H25NO/c1-12-7-5-6-8-14(12)11-15(16-3)13(2)9-10-17-4/h5-8,13,15-16H,9-11H2,1-4H3. The second-order valence-electron chi connectivity index (χ2n) is 4.78. The molecule has 1 aromatic carbocycles. The molecule has 0 aliphatic heterocycles. The number of nitrogens with one attached hydrogen (secondary N) is 1. The third-order valence-electron chi connectivity index (χ3n) is 3.54. The van der Waals surface area contributed by atoms with Crippen molar-refractivity contribution in [2.45, 2.75) is 32.7 Å². The summed E-state index contributed by atoms with van der Waals surface area (Å²) in [6.45, 7) is 5.31. The van der Waals surface area contributed by atoms with E-state index in [1.165, 1.54) is 11.1 Å². The average Bonchev–Trinajstić information content (AvgIpc) is 2.35. The number of methoxy groups -OCH3 is 1. The molecule has 0 spiro atoms. The van der Waals surface area contributed by atoms with Gasteiger partial charge in [0.05, 0.1) is 0 Å². The Labute approximate surface area is 105 Å². The summed E-state index contributed by atoms with van der Waals surface area (Å²) in [5.74, 6) is 0.625. The SMILES string of the molecule is CNC(Cc1ccccc1C)C(C)CCOC. The number of aryl methyl sites for hydroxylation is 1. The second kappa shape index (κ2) is 7.46. The van der Waals surface area contributed by atoms with Gasteiger partial charge >= 0.3 is 0 Å². The molecule has 0 heterocycles. The molecule has 2 nitrogen and oxygen atoms in total. The van der Waals surface area contributed by atoms with Crippen molar-refractivity contribution in [3.05, 3.63) is 35.4 Å². The van der Waals surface area contributed by atoms with E-state index in [9.17, 15) is 0 Å². The summed E-state index contributed by atoms with van der Waals surface area (Å²) < 4.78 is 5.15. The zero-order valence-corrected chi connectivity index (χ0v) is 11.5. The molecule has 0 amide bonds. The first-order valence-corrected chi connectivity index (χ1v) is 6.39. The van der Waals surface area contributed by atoms with Crippen LogP contribution in [0.15, 0.2) is 24.3 Å². The zero-order valence-electron chi connectivity index (χ0n) is 11.5. The van der Waals surface area contributed by atoms with Crippen LogP contribution in [0, 0.1) is 12.8 Å². The topological polar surface area (TPSA) is 21.3 Å². The number of benzene rings is 1. The molecule has 0 bridgehead atoms. The molecule has 0 saturated heterocycles. The molecule has 17 heavy (non-hydrogen) atoms. The Morgan fingerprint density at radius 1 is 1.29 bits per heavy atom. The van der Waals surface area contributed by atoms with Crippen molar-refractivity contribution in [2.75, 3.05) is 20.8 Å². The van der Waals surface area contributed by atoms with E-state index in [1.807, 2.05) is 7.05 Å². The van der Waals surface area contributed by atoms with Crippen LogP contribution in [0.5, 0.6) is 0 Å². The first kappa shape index (κ1) is 14.2. The Morgan fingerprint density at radius 2 is 2.00 bits per heavy atom. The van der Waals surface area contributed by atoms with Crippen LogP contribution in [0.25, 0.3) is 0 Å². The summed E-state index contributed by atoms with van der Waals surface area (Å²) in [5.41, 5.74) is 2.82. The van der Waals surface area contributed by atoms with Gasteiger partial charge in [-0.05, 0) is 43.9 Å². The predicted molar refractivity (Wildman–Crippen MR) is 73.4 cm³/mol. The second-order valence-corrected chi connectivity index (χ2v) is 4.78. The van der Waals surface area contributed by atoms with E-state index in [4.69, 9.17) is 4.74 Å². The number of hydrogen-bond acceptors (Lipinski definition) is 2. The third kappa shape index (κ3) is 4.49. The van der Waals surface area contributed by atoms with Crippen LogP contribution in [0.2, 0.25) is 0 Å². The summed E-state index contributed by atoms with van der Waals surface area (Å²) in [6, 6.07) is 9.15. The van der Waals surface area contributed by atoms with Crippen molar-refractivity contribution in [1.29, 1.82) is 0 Å². The minimum absolute atomic E-state index is 0.520. The van der Waals surface area contributed by atoms with Gasteiger partial charge in [0.15, 0.2) is 0 Å². The maximum Gasteiger partial charge on any atom is 0.0465 e. The third-order valence-corrected chi connectivity index (χ3v) is 3.54. The van der Waals surface area contributed by atoms with E-state index in [1.54, 1.807) is 7.11 Å². The molecule has 2 unspecified atom stereocenters. The van der Waals surface area contributed by atoms with E-state index >= 15 is 0 Å². The lowest BCUT2D eigenvalue weighted by atomic mass is 9.91. The van der Waals surface area contributed by atoms with E-state index in [-0.39, 0.29) is 0 Å². The highest BCUT2D eigenvalue weighted by atomic mass is 16.5. The molecule has 0 radical (unpaired) electrons. The summed E-state index contributed by atoms with van der Waals surface area (Å²) in [4.78, 5) is 0. The lowest BCUT2D eigenvalue weighted by Gasteiger charge is -2.24. The number of ether oxygens (including phenoxy) is 1. The fourth-order valence-corrected chi connectivity index (χ4v) is 2.17. The minimum Gasteiger partial charge on any atom is -0.385 e. The summed E-state index contributed by atoms with van der Waals surface area (Å²) >= 11 is 0. The van der Waals surface area contributed by atoms with E-state index in [0.29, 0.717) is 12.0 Å². The molecule has 0 saturated carbocycles. The molecule has 0 aliphatic carbocycles. The molecule has 1 N–H and O–H groups in total. The van der Waals surface area contributed by atoms with Gasteiger partial charge in [0, 0.05) is 19.8 Å². The lowest BCUT2D eigenvalue weighted by molar-refractivity contribution is 0.171. The van der Waals surface area contributed by atoms with Crippen LogP contribution >= 0.6 is 0 Å². The Balaban J connectivity index is 2.60. The normalized spacial score (nSPS) is 14.6. The summed E-state index contributed by atoms with van der Waals surface area (Å²) in [7, 11) is 3.81. The Morgan fingerprint density at radius 3 is 2.59 bits per heavy atom. The Hall–Kier alpha value is -0.860. The van der Waals surface area contributed by atoms with Gasteiger partial charge in [-0.2, -0.15) is 0 Å². The monoisotopic (exact) mass is 235 g/mol. The molecular formula is C15H25NO. The van der Waals surface area contributed by atoms with Gasteiger partial charge in [-0.3, -0.25) is 0 Å². The Kier molecular flexibility index (Phi) is 6.23. The first-order chi connectivity index (χ1) is 8.19. The molecule has 96 valence electrons. The van der Waals surface area contributed by atoms with Gasteiger partial charge in [-0.25, -0.2) is 0 Å².